The Morgan fingerprint density at radius 2 is 1.93 bits per heavy atom. The summed E-state index contributed by atoms with van der Waals surface area (Å²) >= 11 is 0. The van der Waals surface area contributed by atoms with Crippen LogP contribution in [-0.2, 0) is 4.74 Å². The second kappa shape index (κ2) is 5.07. The second-order valence-corrected chi connectivity index (χ2v) is 3.02. The minimum atomic E-state index is -0.344. The first kappa shape index (κ1) is 10.3. The molecule has 0 fully saturated rings. The summed E-state index contributed by atoms with van der Waals surface area (Å²) in [6.45, 7) is 0. The van der Waals surface area contributed by atoms with Crippen LogP contribution in [0.25, 0.3) is 0 Å². The molecule has 0 radical (unpaired) electrons. The van der Waals surface area contributed by atoms with E-state index >= 15 is 0 Å². The maximum atomic E-state index is 11.3. The molecule has 0 aliphatic carbocycles. The fourth-order valence-electron chi connectivity index (χ4n) is 0.856. The van der Waals surface area contributed by atoms with E-state index in [4.69, 9.17) is 4.74 Å². The van der Waals surface area contributed by atoms with Gasteiger partial charge in [-0.3, -0.25) is 0 Å². The van der Waals surface area contributed by atoms with Crippen LogP contribution in [0, 0.1) is 0 Å². The third kappa shape index (κ3) is 3.31. The molecule has 0 saturated heterocycles. The Kier molecular flexibility index (Phi) is 3.73. The second-order valence-electron chi connectivity index (χ2n) is 3.02. The third-order valence-corrected chi connectivity index (χ3v) is 1.54. The van der Waals surface area contributed by atoms with Crippen LogP contribution in [0.3, 0.4) is 0 Å². The van der Waals surface area contributed by atoms with E-state index in [0.717, 1.165) is 0 Å². The van der Waals surface area contributed by atoms with Gasteiger partial charge in [0.15, 0.2) is 0 Å². The number of carbonyl (C=O) groups excluding carboxylic acids is 1. The van der Waals surface area contributed by atoms with Gasteiger partial charge in [0.2, 0.25) is 0 Å². The standard InChI is InChI=1S/C11H13NO2/c1-12(2)8-9-14-11(13)10-6-4-3-5-7-10/h3-9H,1-2H3. The van der Waals surface area contributed by atoms with Crippen LogP contribution >= 0.6 is 0 Å². The lowest BCUT2D eigenvalue weighted by Crippen LogP contribution is -2.03. The zero-order chi connectivity index (χ0) is 10.4. The largest absolute Gasteiger partial charge is 0.429 e. The number of hydrogen-bond donors (Lipinski definition) is 0. The van der Waals surface area contributed by atoms with Gasteiger partial charge in [-0.25, -0.2) is 4.79 Å². The fraction of sp³-hybridized carbons (Fsp3) is 0.182. The van der Waals surface area contributed by atoms with Crippen molar-refractivity contribution in [3.8, 4) is 0 Å². The molecule has 1 aromatic carbocycles. The van der Waals surface area contributed by atoms with Gasteiger partial charge in [0.25, 0.3) is 0 Å². The van der Waals surface area contributed by atoms with Gasteiger partial charge in [-0.15, -0.1) is 0 Å². The Bertz CT molecular complexity index is 317. The lowest BCUT2D eigenvalue weighted by Gasteiger charge is -2.03. The molecule has 74 valence electrons. The molecule has 0 heterocycles. The zero-order valence-corrected chi connectivity index (χ0v) is 8.31. The van der Waals surface area contributed by atoms with Crippen molar-refractivity contribution in [1.82, 2.24) is 4.90 Å². The Hall–Kier alpha value is -1.77. The van der Waals surface area contributed by atoms with Crippen molar-refractivity contribution in [3.63, 3.8) is 0 Å². The van der Waals surface area contributed by atoms with Gasteiger partial charge in [-0.05, 0) is 12.1 Å². The summed E-state index contributed by atoms with van der Waals surface area (Å²) in [4.78, 5) is 13.1. The number of carbonyl (C=O) groups is 1. The molecule has 0 atom stereocenters. The average molecular weight is 191 g/mol. The Morgan fingerprint density at radius 1 is 1.29 bits per heavy atom. The van der Waals surface area contributed by atoms with E-state index in [-0.39, 0.29) is 5.97 Å². The highest BCUT2D eigenvalue weighted by Gasteiger charge is 2.02. The topological polar surface area (TPSA) is 29.5 Å². The molecule has 0 amide bonds. The Labute approximate surface area is 83.6 Å². The van der Waals surface area contributed by atoms with Gasteiger partial charge in [-0.1, -0.05) is 18.2 Å². The number of hydrogen-bond acceptors (Lipinski definition) is 3. The molecule has 0 spiro atoms. The molecule has 14 heavy (non-hydrogen) atoms. The molecule has 3 nitrogen and oxygen atoms in total. The summed E-state index contributed by atoms with van der Waals surface area (Å²) < 4.78 is 4.88. The van der Waals surface area contributed by atoms with Crippen LogP contribution in [0.2, 0.25) is 0 Å². The molecule has 3 heteroatoms. The number of rotatable bonds is 3. The summed E-state index contributed by atoms with van der Waals surface area (Å²) in [5, 5.41) is 0. The van der Waals surface area contributed by atoms with Crippen LogP contribution in [0.1, 0.15) is 10.4 Å². The van der Waals surface area contributed by atoms with Crippen molar-refractivity contribution >= 4 is 5.97 Å². The highest BCUT2D eigenvalue weighted by molar-refractivity contribution is 5.89. The van der Waals surface area contributed by atoms with E-state index < -0.39 is 0 Å². The number of nitrogens with zero attached hydrogens (tertiary/aromatic N) is 1. The molecule has 0 unspecified atom stereocenters. The highest BCUT2D eigenvalue weighted by atomic mass is 16.5. The average Bonchev–Trinajstić information content (AvgIpc) is 2.18. The fourth-order valence-corrected chi connectivity index (χ4v) is 0.856. The lowest BCUT2D eigenvalue weighted by atomic mass is 10.2. The highest BCUT2D eigenvalue weighted by Crippen LogP contribution is 2.00. The van der Waals surface area contributed by atoms with Gasteiger partial charge in [0.05, 0.1) is 5.56 Å². The van der Waals surface area contributed by atoms with E-state index in [0.29, 0.717) is 5.56 Å². The van der Waals surface area contributed by atoms with Gasteiger partial charge in [0.1, 0.15) is 6.26 Å². The van der Waals surface area contributed by atoms with E-state index in [1.54, 1.807) is 35.4 Å². The minimum absolute atomic E-state index is 0.344. The summed E-state index contributed by atoms with van der Waals surface area (Å²) in [5.74, 6) is -0.344. The zero-order valence-electron chi connectivity index (χ0n) is 8.31. The van der Waals surface area contributed by atoms with Crippen LogP contribution in [0.5, 0.6) is 0 Å². The summed E-state index contributed by atoms with van der Waals surface area (Å²) in [5.41, 5.74) is 0.552. The predicted molar refractivity (Wildman–Crippen MR) is 54.7 cm³/mol. The van der Waals surface area contributed by atoms with Gasteiger partial charge >= 0.3 is 5.97 Å². The SMILES string of the molecule is CN(C)C=COC(=O)c1ccccc1. The van der Waals surface area contributed by atoms with E-state index in [1.165, 1.54) is 6.26 Å². The van der Waals surface area contributed by atoms with Crippen molar-refractivity contribution in [3.05, 3.63) is 48.4 Å². The van der Waals surface area contributed by atoms with Crippen molar-refractivity contribution in [1.29, 1.82) is 0 Å². The first-order chi connectivity index (χ1) is 6.70. The van der Waals surface area contributed by atoms with Crippen molar-refractivity contribution < 1.29 is 9.53 Å². The van der Waals surface area contributed by atoms with Crippen molar-refractivity contribution in [2.24, 2.45) is 0 Å². The summed E-state index contributed by atoms with van der Waals surface area (Å²) in [6.07, 6.45) is 3.04. The number of esters is 1. The lowest BCUT2D eigenvalue weighted by molar-refractivity contribution is 0.0660. The molecule has 0 N–H and O–H groups in total. The van der Waals surface area contributed by atoms with Gasteiger partial charge in [-0.2, -0.15) is 0 Å². The van der Waals surface area contributed by atoms with E-state index in [9.17, 15) is 4.79 Å². The number of ether oxygens (including phenoxy) is 1. The van der Waals surface area contributed by atoms with Crippen LogP contribution in [0.4, 0.5) is 0 Å². The first-order valence-corrected chi connectivity index (χ1v) is 4.29. The monoisotopic (exact) mass is 191 g/mol. The van der Waals surface area contributed by atoms with Crippen LogP contribution < -0.4 is 0 Å². The van der Waals surface area contributed by atoms with Gasteiger partial charge in [0, 0.05) is 20.3 Å². The maximum Gasteiger partial charge on any atom is 0.342 e. The molecule has 0 bridgehead atoms. The van der Waals surface area contributed by atoms with Gasteiger partial charge < -0.3 is 9.64 Å². The Balaban J connectivity index is 2.52. The smallest absolute Gasteiger partial charge is 0.342 e. The Morgan fingerprint density at radius 3 is 2.50 bits per heavy atom. The van der Waals surface area contributed by atoms with Crippen molar-refractivity contribution in [2.75, 3.05) is 14.1 Å². The molecule has 0 aromatic heterocycles. The summed E-state index contributed by atoms with van der Waals surface area (Å²) in [6, 6.07) is 8.88. The maximum absolute atomic E-state index is 11.3. The molecule has 0 saturated carbocycles. The van der Waals surface area contributed by atoms with E-state index in [1.807, 2.05) is 20.2 Å². The van der Waals surface area contributed by atoms with Crippen LogP contribution in [-0.4, -0.2) is 25.0 Å². The molecule has 1 aromatic rings. The molecule has 1 rings (SSSR count). The first-order valence-electron chi connectivity index (χ1n) is 4.29. The third-order valence-electron chi connectivity index (χ3n) is 1.54. The van der Waals surface area contributed by atoms with E-state index in [2.05, 4.69) is 0 Å². The molecule has 0 aliphatic heterocycles. The predicted octanol–water partition coefficient (Wildman–Crippen LogP) is 1.88. The quantitative estimate of drug-likeness (QED) is 0.539. The molecular formula is C11H13NO2. The van der Waals surface area contributed by atoms with Crippen LogP contribution in [0.15, 0.2) is 42.8 Å². The summed E-state index contributed by atoms with van der Waals surface area (Å²) in [7, 11) is 3.71. The molecular weight excluding hydrogens is 178 g/mol. The molecule has 0 aliphatic rings. The van der Waals surface area contributed by atoms with Crippen molar-refractivity contribution in [2.45, 2.75) is 0 Å². The number of benzene rings is 1. The normalized spacial score (nSPS) is 10.1. The minimum Gasteiger partial charge on any atom is -0.429 e.